The van der Waals surface area contributed by atoms with Crippen molar-refractivity contribution in [2.45, 2.75) is 45.3 Å². The molecule has 6 rings (SSSR count). The Hall–Kier alpha value is -2.90. The average Bonchev–Trinajstić information content (AvgIpc) is 2.98. The van der Waals surface area contributed by atoms with Gasteiger partial charge in [0.05, 0.1) is 18.2 Å². The Morgan fingerprint density at radius 3 is 2.68 bits per heavy atom. The van der Waals surface area contributed by atoms with Crippen LogP contribution in [0.3, 0.4) is 0 Å². The summed E-state index contributed by atoms with van der Waals surface area (Å²) in [6.07, 6.45) is 3.63. The summed E-state index contributed by atoms with van der Waals surface area (Å²) in [4.78, 5) is 31.0. The molecule has 3 aliphatic heterocycles. The predicted molar refractivity (Wildman–Crippen MR) is 140 cm³/mol. The van der Waals surface area contributed by atoms with Crippen molar-refractivity contribution >= 4 is 11.8 Å². The molecule has 196 valence electrons. The highest BCUT2D eigenvalue weighted by molar-refractivity contribution is 5.97. The molecule has 2 aromatic carbocycles. The molecule has 1 N–H and O–H groups in total. The average molecular weight is 504 g/mol. The normalized spacial score (nSPS) is 21.8. The maximum Gasteiger partial charge on any atom is 0.257 e. The number of aliphatic hydroxyl groups is 1. The Morgan fingerprint density at radius 1 is 1.11 bits per heavy atom. The van der Waals surface area contributed by atoms with Gasteiger partial charge in [0.1, 0.15) is 12.4 Å². The fourth-order valence-corrected chi connectivity index (χ4v) is 6.92. The molecule has 1 spiro atoms. The van der Waals surface area contributed by atoms with Crippen LogP contribution in [0.1, 0.15) is 46.8 Å². The van der Waals surface area contributed by atoms with E-state index in [2.05, 4.69) is 35.2 Å². The van der Waals surface area contributed by atoms with Crippen LogP contribution in [-0.4, -0.2) is 83.6 Å². The Kier molecular flexibility index (Phi) is 6.45. The first kappa shape index (κ1) is 24.4. The molecule has 1 unspecified atom stereocenters. The number of nitrogens with zero attached hydrogens (tertiary/aromatic N) is 3. The SMILES string of the molecule is CC(=O)N1CC2(CC(Cc3ccc4c(c3)C(=O)N(CC(O)CN3CCc5ccccc5C3)CCO4)C2)C1. The Labute approximate surface area is 219 Å². The van der Waals surface area contributed by atoms with Crippen LogP contribution < -0.4 is 4.74 Å². The van der Waals surface area contributed by atoms with Crippen molar-refractivity contribution in [2.75, 3.05) is 45.9 Å². The monoisotopic (exact) mass is 503 g/mol. The fourth-order valence-electron chi connectivity index (χ4n) is 6.92. The molecule has 3 heterocycles. The van der Waals surface area contributed by atoms with Crippen LogP contribution in [0.5, 0.6) is 5.75 Å². The number of carbonyl (C=O) groups excluding carboxylic acids is 2. The maximum absolute atomic E-state index is 13.5. The molecule has 7 nitrogen and oxygen atoms in total. The molecule has 1 saturated carbocycles. The van der Waals surface area contributed by atoms with E-state index in [0.717, 1.165) is 57.4 Å². The number of amides is 2. The lowest BCUT2D eigenvalue weighted by atomic mass is 9.56. The van der Waals surface area contributed by atoms with E-state index in [1.807, 2.05) is 17.0 Å². The van der Waals surface area contributed by atoms with Gasteiger partial charge in [-0.25, -0.2) is 0 Å². The van der Waals surface area contributed by atoms with Gasteiger partial charge in [-0.15, -0.1) is 0 Å². The Bertz CT molecular complexity index is 1180. The second-order valence-corrected chi connectivity index (χ2v) is 11.7. The number of β-amino-alcohol motifs (C(OH)–C–C–N with tert-alkyl or cyclic N) is 1. The van der Waals surface area contributed by atoms with Crippen LogP contribution in [0.15, 0.2) is 42.5 Å². The minimum atomic E-state index is -0.609. The Balaban J connectivity index is 1.05. The molecule has 0 bridgehead atoms. The first-order valence-corrected chi connectivity index (χ1v) is 13.7. The van der Waals surface area contributed by atoms with E-state index in [1.54, 1.807) is 11.8 Å². The largest absolute Gasteiger partial charge is 0.491 e. The smallest absolute Gasteiger partial charge is 0.257 e. The number of hydrogen-bond donors (Lipinski definition) is 1. The van der Waals surface area contributed by atoms with Gasteiger partial charge in [0.15, 0.2) is 0 Å². The van der Waals surface area contributed by atoms with Crippen molar-refractivity contribution in [1.82, 2.24) is 14.7 Å². The third-order valence-electron chi connectivity index (χ3n) is 8.76. The molecule has 1 aliphatic carbocycles. The van der Waals surface area contributed by atoms with Crippen LogP contribution in [0.2, 0.25) is 0 Å². The number of carbonyl (C=O) groups is 2. The highest BCUT2D eigenvalue weighted by Crippen LogP contribution is 2.52. The minimum absolute atomic E-state index is 0.0569. The quantitative estimate of drug-likeness (QED) is 0.656. The summed E-state index contributed by atoms with van der Waals surface area (Å²) in [7, 11) is 0. The Morgan fingerprint density at radius 2 is 1.89 bits per heavy atom. The number of aliphatic hydroxyl groups excluding tert-OH is 1. The first-order chi connectivity index (χ1) is 17.9. The summed E-state index contributed by atoms with van der Waals surface area (Å²) in [5.41, 5.74) is 4.82. The second-order valence-electron chi connectivity index (χ2n) is 11.7. The van der Waals surface area contributed by atoms with E-state index in [1.165, 1.54) is 11.1 Å². The molecule has 7 heteroatoms. The number of benzene rings is 2. The van der Waals surface area contributed by atoms with E-state index >= 15 is 0 Å². The third-order valence-corrected chi connectivity index (χ3v) is 8.76. The van der Waals surface area contributed by atoms with E-state index in [4.69, 9.17) is 4.74 Å². The van der Waals surface area contributed by atoms with E-state index < -0.39 is 6.10 Å². The zero-order valence-corrected chi connectivity index (χ0v) is 21.7. The van der Waals surface area contributed by atoms with Gasteiger partial charge in [-0.3, -0.25) is 14.5 Å². The van der Waals surface area contributed by atoms with E-state index in [0.29, 0.717) is 48.9 Å². The second kappa shape index (κ2) is 9.76. The highest BCUT2D eigenvalue weighted by Gasteiger charge is 2.52. The summed E-state index contributed by atoms with van der Waals surface area (Å²) >= 11 is 0. The number of rotatable bonds is 6. The molecule has 2 fully saturated rings. The first-order valence-electron chi connectivity index (χ1n) is 13.7. The van der Waals surface area contributed by atoms with Gasteiger partial charge < -0.3 is 19.6 Å². The van der Waals surface area contributed by atoms with Crippen LogP contribution in [0, 0.1) is 11.3 Å². The summed E-state index contributed by atoms with van der Waals surface area (Å²) in [5, 5.41) is 10.9. The maximum atomic E-state index is 13.5. The van der Waals surface area contributed by atoms with Crippen LogP contribution >= 0.6 is 0 Å². The lowest BCUT2D eigenvalue weighted by molar-refractivity contribution is -0.152. The van der Waals surface area contributed by atoms with Crippen LogP contribution in [0.25, 0.3) is 0 Å². The van der Waals surface area contributed by atoms with Crippen molar-refractivity contribution < 1.29 is 19.4 Å². The van der Waals surface area contributed by atoms with Gasteiger partial charge in [0, 0.05) is 51.6 Å². The molecule has 2 aromatic rings. The number of hydrogen-bond acceptors (Lipinski definition) is 5. The van der Waals surface area contributed by atoms with Gasteiger partial charge in [-0.1, -0.05) is 30.3 Å². The lowest BCUT2D eigenvalue weighted by Crippen LogP contribution is -2.63. The summed E-state index contributed by atoms with van der Waals surface area (Å²) in [6.45, 7) is 6.97. The van der Waals surface area contributed by atoms with E-state index in [-0.39, 0.29) is 11.8 Å². The topological polar surface area (TPSA) is 73.3 Å². The molecule has 1 saturated heterocycles. The van der Waals surface area contributed by atoms with Gasteiger partial charge in [-0.2, -0.15) is 0 Å². The molecule has 37 heavy (non-hydrogen) atoms. The summed E-state index contributed by atoms with van der Waals surface area (Å²) in [5.74, 6) is 1.36. The fraction of sp³-hybridized carbons (Fsp3) is 0.533. The van der Waals surface area contributed by atoms with Gasteiger partial charge in [0.25, 0.3) is 5.91 Å². The minimum Gasteiger partial charge on any atom is -0.491 e. The summed E-state index contributed by atoms with van der Waals surface area (Å²) < 4.78 is 5.92. The van der Waals surface area contributed by atoms with Crippen LogP contribution in [0.4, 0.5) is 0 Å². The third kappa shape index (κ3) is 4.99. The lowest BCUT2D eigenvalue weighted by Gasteiger charge is -2.59. The predicted octanol–water partition coefficient (Wildman–Crippen LogP) is 2.74. The van der Waals surface area contributed by atoms with Crippen molar-refractivity contribution in [3.05, 3.63) is 64.7 Å². The number of ether oxygens (including phenoxy) is 1. The van der Waals surface area contributed by atoms with Gasteiger partial charge in [-0.05, 0) is 60.4 Å². The van der Waals surface area contributed by atoms with E-state index in [9.17, 15) is 14.7 Å². The van der Waals surface area contributed by atoms with Gasteiger partial charge >= 0.3 is 0 Å². The van der Waals surface area contributed by atoms with Crippen LogP contribution in [-0.2, 0) is 24.2 Å². The van der Waals surface area contributed by atoms with Gasteiger partial charge in [0.2, 0.25) is 5.91 Å². The standard InChI is InChI=1S/C30H37N3O4/c1-21(34)33-19-30(20-33)14-23(15-30)12-22-6-7-28-27(13-22)29(36)32(10-11-37-28)18-26(35)17-31-9-8-24-4-2-3-5-25(24)16-31/h2-7,13,23,26,35H,8-12,14-20H2,1H3. The summed E-state index contributed by atoms with van der Waals surface area (Å²) in [6, 6.07) is 14.5. The number of likely N-dealkylation sites (tertiary alicyclic amines) is 1. The molecule has 0 radical (unpaired) electrons. The molecule has 2 amide bonds. The molecule has 0 aromatic heterocycles. The molecular weight excluding hydrogens is 466 g/mol. The van der Waals surface area contributed by atoms with Crippen molar-refractivity contribution in [3.8, 4) is 5.75 Å². The number of fused-ring (bicyclic) bond motifs is 2. The van der Waals surface area contributed by atoms with Crippen molar-refractivity contribution in [1.29, 1.82) is 0 Å². The highest BCUT2D eigenvalue weighted by atomic mass is 16.5. The molecule has 1 atom stereocenters. The molecule has 4 aliphatic rings. The zero-order chi connectivity index (χ0) is 25.6. The van der Waals surface area contributed by atoms with Crippen molar-refractivity contribution in [2.24, 2.45) is 11.3 Å². The molecular formula is C30H37N3O4. The van der Waals surface area contributed by atoms with Crippen molar-refractivity contribution in [3.63, 3.8) is 0 Å². The zero-order valence-electron chi connectivity index (χ0n) is 21.7.